The van der Waals surface area contributed by atoms with Crippen molar-refractivity contribution in [1.29, 1.82) is 0 Å². The summed E-state index contributed by atoms with van der Waals surface area (Å²) in [5, 5.41) is 12.1. The lowest BCUT2D eigenvalue weighted by atomic mass is 10.3. The molecule has 0 spiro atoms. The normalized spacial score (nSPS) is 15.8. The number of anilines is 1. The number of aryl methyl sites for hydroxylation is 1. The number of hydrogen-bond acceptors (Lipinski definition) is 6. The Bertz CT molecular complexity index is 558. The van der Waals surface area contributed by atoms with Crippen LogP contribution in [0.25, 0.3) is 0 Å². The first-order valence-electron chi connectivity index (χ1n) is 6.12. The molecule has 5 nitrogen and oxygen atoms in total. The van der Waals surface area contributed by atoms with Crippen molar-refractivity contribution in [3.05, 3.63) is 27.4 Å². The minimum atomic E-state index is 0.142. The number of hydrogen-bond donors (Lipinski definition) is 0. The zero-order chi connectivity index (χ0) is 13.2. The molecule has 1 fully saturated rings. The number of piperazine rings is 1. The predicted molar refractivity (Wildman–Crippen MR) is 77.1 cm³/mol. The van der Waals surface area contributed by atoms with Gasteiger partial charge in [-0.05, 0) is 18.4 Å². The number of nitrogens with zero attached hydrogens (tertiary/aromatic N) is 4. The molecule has 7 heteroatoms. The second-order valence-corrected chi connectivity index (χ2v) is 6.47. The van der Waals surface area contributed by atoms with E-state index in [2.05, 4.69) is 15.1 Å². The van der Waals surface area contributed by atoms with Crippen LogP contribution in [0.4, 0.5) is 5.13 Å². The summed E-state index contributed by atoms with van der Waals surface area (Å²) < 4.78 is 0. The second-order valence-electron chi connectivity index (χ2n) is 4.36. The van der Waals surface area contributed by atoms with E-state index >= 15 is 0 Å². The van der Waals surface area contributed by atoms with Gasteiger partial charge in [-0.3, -0.25) is 4.79 Å². The molecule has 2 aromatic rings. The molecule has 0 unspecified atom stereocenters. The quantitative estimate of drug-likeness (QED) is 0.848. The van der Waals surface area contributed by atoms with Gasteiger partial charge in [0.1, 0.15) is 5.01 Å². The first kappa shape index (κ1) is 12.6. The van der Waals surface area contributed by atoms with Gasteiger partial charge in [0.2, 0.25) is 5.13 Å². The van der Waals surface area contributed by atoms with E-state index in [9.17, 15) is 4.79 Å². The number of carbonyl (C=O) groups excluding carboxylic acids is 1. The maximum absolute atomic E-state index is 12.2. The molecule has 0 bridgehead atoms. The lowest BCUT2D eigenvalue weighted by Gasteiger charge is -2.34. The number of rotatable bonds is 2. The fourth-order valence-electron chi connectivity index (χ4n) is 2.07. The van der Waals surface area contributed by atoms with Gasteiger partial charge in [-0.25, -0.2) is 0 Å². The van der Waals surface area contributed by atoms with Crippen LogP contribution in [0.1, 0.15) is 14.7 Å². The predicted octanol–water partition coefficient (Wildman–Crippen LogP) is 1.87. The maximum Gasteiger partial charge on any atom is 0.264 e. The zero-order valence-corrected chi connectivity index (χ0v) is 12.2. The van der Waals surface area contributed by atoms with Gasteiger partial charge in [-0.2, -0.15) is 0 Å². The van der Waals surface area contributed by atoms with E-state index in [0.29, 0.717) is 0 Å². The highest BCUT2D eigenvalue weighted by atomic mass is 32.1. The molecule has 0 radical (unpaired) electrons. The van der Waals surface area contributed by atoms with Gasteiger partial charge in [0.15, 0.2) is 0 Å². The summed E-state index contributed by atoms with van der Waals surface area (Å²) in [4.78, 5) is 17.1. The lowest BCUT2D eigenvalue weighted by Crippen LogP contribution is -2.48. The van der Waals surface area contributed by atoms with Crippen LogP contribution in [0.3, 0.4) is 0 Å². The molecule has 100 valence electrons. The Hall–Kier alpha value is -1.47. The molecular formula is C12H14N4OS2. The van der Waals surface area contributed by atoms with Crippen LogP contribution in [-0.4, -0.2) is 47.2 Å². The largest absolute Gasteiger partial charge is 0.343 e. The molecule has 0 aliphatic carbocycles. The van der Waals surface area contributed by atoms with Crippen LogP contribution >= 0.6 is 22.7 Å². The van der Waals surface area contributed by atoms with Crippen molar-refractivity contribution < 1.29 is 4.79 Å². The van der Waals surface area contributed by atoms with E-state index < -0.39 is 0 Å². The van der Waals surface area contributed by atoms with E-state index in [1.165, 1.54) is 11.3 Å². The van der Waals surface area contributed by atoms with Gasteiger partial charge in [-0.1, -0.05) is 17.4 Å². The van der Waals surface area contributed by atoms with Crippen molar-refractivity contribution in [2.75, 3.05) is 31.1 Å². The lowest BCUT2D eigenvalue weighted by molar-refractivity contribution is 0.0751. The standard InChI is InChI=1S/C12H14N4OS2/c1-9-13-14-12(19-9)16-6-4-15(5-7-16)11(17)10-3-2-8-18-10/h2-3,8H,4-7H2,1H3. The number of carbonyl (C=O) groups is 1. The van der Waals surface area contributed by atoms with Crippen molar-refractivity contribution in [3.63, 3.8) is 0 Å². The van der Waals surface area contributed by atoms with E-state index in [1.54, 1.807) is 11.3 Å². The van der Waals surface area contributed by atoms with Crippen molar-refractivity contribution in [2.24, 2.45) is 0 Å². The fraction of sp³-hybridized carbons (Fsp3) is 0.417. The average molecular weight is 294 g/mol. The Kier molecular flexibility index (Phi) is 3.48. The summed E-state index contributed by atoms with van der Waals surface area (Å²) in [5.41, 5.74) is 0. The van der Waals surface area contributed by atoms with Crippen LogP contribution in [0, 0.1) is 6.92 Å². The molecule has 1 amide bonds. The number of aromatic nitrogens is 2. The van der Waals surface area contributed by atoms with Crippen molar-refractivity contribution in [1.82, 2.24) is 15.1 Å². The van der Waals surface area contributed by atoms with Crippen LogP contribution in [0.5, 0.6) is 0 Å². The Morgan fingerprint density at radius 3 is 2.63 bits per heavy atom. The molecule has 2 aromatic heterocycles. The number of amides is 1. The van der Waals surface area contributed by atoms with Crippen molar-refractivity contribution in [3.8, 4) is 0 Å². The molecule has 0 atom stereocenters. The Balaban J connectivity index is 1.62. The molecule has 0 N–H and O–H groups in total. The molecule has 1 aliphatic rings. The molecule has 1 aliphatic heterocycles. The summed E-state index contributed by atoms with van der Waals surface area (Å²) in [5.74, 6) is 0.142. The highest BCUT2D eigenvalue weighted by Gasteiger charge is 2.24. The molecule has 0 aromatic carbocycles. The second kappa shape index (κ2) is 5.26. The maximum atomic E-state index is 12.2. The molecule has 3 heterocycles. The van der Waals surface area contributed by atoms with Gasteiger partial charge in [0.05, 0.1) is 4.88 Å². The van der Waals surface area contributed by atoms with Gasteiger partial charge in [0, 0.05) is 26.2 Å². The highest BCUT2D eigenvalue weighted by Crippen LogP contribution is 2.21. The average Bonchev–Trinajstić information content (AvgIpc) is 3.09. The monoisotopic (exact) mass is 294 g/mol. The van der Waals surface area contributed by atoms with E-state index in [1.807, 2.05) is 29.3 Å². The minimum absolute atomic E-state index is 0.142. The highest BCUT2D eigenvalue weighted by molar-refractivity contribution is 7.15. The third kappa shape index (κ3) is 2.62. The van der Waals surface area contributed by atoms with Crippen LogP contribution in [0.2, 0.25) is 0 Å². The van der Waals surface area contributed by atoms with E-state index in [0.717, 1.165) is 41.2 Å². The third-order valence-electron chi connectivity index (χ3n) is 3.08. The van der Waals surface area contributed by atoms with E-state index in [-0.39, 0.29) is 5.91 Å². The van der Waals surface area contributed by atoms with Gasteiger partial charge >= 0.3 is 0 Å². The SMILES string of the molecule is Cc1nnc(N2CCN(C(=O)c3cccs3)CC2)s1. The molecule has 0 saturated carbocycles. The Morgan fingerprint density at radius 2 is 2.05 bits per heavy atom. The summed E-state index contributed by atoms with van der Waals surface area (Å²) in [6, 6.07) is 3.80. The Morgan fingerprint density at radius 1 is 1.26 bits per heavy atom. The van der Waals surface area contributed by atoms with Gasteiger partial charge < -0.3 is 9.80 Å². The fourth-order valence-corrected chi connectivity index (χ4v) is 3.50. The summed E-state index contributed by atoms with van der Waals surface area (Å²) >= 11 is 3.10. The molecule has 1 saturated heterocycles. The molecule has 19 heavy (non-hydrogen) atoms. The topological polar surface area (TPSA) is 49.3 Å². The van der Waals surface area contributed by atoms with Gasteiger partial charge in [-0.15, -0.1) is 21.5 Å². The smallest absolute Gasteiger partial charge is 0.264 e. The molecule has 3 rings (SSSR count). The zero-order valence-electron chi connectivity index (χ0n) is 10.6. The first-order chi connectivity index (χ1) is 9.24. The number of thiophene rings is 1. The minimum Gasteiger partial charge on any atom is -0.343 e. The van der Waals surface area contributed by atoms with Crippen molar-refractivity contribution in [2.45, 2.75) is 6.92 Å². The van der Waals surface area contributed by atoms with Crippen molar-refractivity contribution >= 4 is 33.7 Å². The summed E-state index contributed by atoms with van der Waals surface area (Å²) in [6.07, 6.45) is 0. The van der Waals surface area contributed by atoms with Crippen LogP contribution < -0.4 is 4.90 Å². The third-order valence-corrected chi connectivity index (χ3v) is 4.84. The van der Waals surface area contributed by atoms with Crippen LogP contribution in [0.15, 0.2) is 17.5 Å². The summed E-state index contributed by atoms with van der Waals surface area (Å²) in [7, 11) is 0. The Labute approximate surface area is 119 Å². The first-order valence-corrected chi connectivity index (χ1v) is 7.81. The van der Waals surface area contributed by atoms with Crippen LogP contribution in [-0.2, 0) is 0 Å². The van der Waals surface area contributed by atoms with E-state index in [4.69, 9.17) is 0 Å². The summed E-state index contributed by atoms with van der Waals surface area (Å²) in [6.45, 7) is 5.10. The molecular weight excluding hydrogens is 280 g/mol. The van der Waals surface area contributed by atoms with Gasteiger partial charge in [0.25, 0.3) is 5.91 Å².